The van der Waals surface area contributed by atoms with E-state index in [0.29, 0.717) is 40.9 Å². The molecule has 8 heteroatoms. The number of nitrogens with zero attached hydrogens (tertiary/aromatic N) is 2. The maximum Gasteiger partial charge on any atom is 0.419 e. The Morgan fingerprint density at radius 2 is 2.07 bits per heavy atom. The Morgan fingerprint density at radius 1 is 1.27 bits per heavy atom. The lowest BCUT2D eigenvalue weighted by atomic mass is 10.1. The molecular formula is C22H26N2O5S. The van der Waals surface area contributed by atoms with Gasteiger partial charge in [-0.3, -0.25) is 0 Å². The van der Waals surface area contributed by atoms with E-state index in [1.165, 1.54) is 22.0 Å². The Hall–Kier alpha value is -2.84. The van der Waals surface area contributed by atoms with Crippen molar-refractivity contribution >= 4 is 17.4 Å². The van der Waals surface area contributed by atoms with Crippen molar-refractivity contribution in [1.82, 2.24) is 9.55 Å². The maximum absolute atomic E-state index is 12.9. The summed E-state index contributed by atoms with van der Waals surface area (Å²) in [5.74, 6) is 0.521. The summed E-state index contributed by atoms with van der Waals surface area (Å²) in [6, 6.07) is 8.54. The molecule has 0 saturated heterocycles. The molecule has 1 N–H and O–H groups in total. The third-order valence-corrected chi connectivity index (χ3v) is 5.16. The van der Waals surface area contributed by atoms with Gasteiger partial charge in [0, 0.05) is 30.3 Å². The number of carbonyl (C=O) groups excluding carboxylic acids is 1. The van der Waals surface area contributed by atoms with Gasteiger partial charge in [0.25, 0.3) is 0 Å². The smallest absolute Gasteiger partial charge is 0.419 e. The number of rotatable bonds is 9. The van der Waals surface area contributed by atoms with Crippen LogP contribution in [0.5, 0.6) is 11.5 Å². The second kappa shape index (κ2) is 10.3. The standard InChI is InChI=1S/C22H26N2O5S/c1-4-5-9-28-22(26)24-19(6-7-20(24)21-23-8-10-30-21)16-11-17(25)13-18(12-16)29-15(2)14-27-3/h6-8,10-13,15,25H,4-5,9,14H2,1-3H3/t15-/m0/s1. The summed E-state index contributed by atoms with van der Waals surface area (Å²) < 4.78 is 17.9. The third-order valence-electron chi connectivity index (χ3n) is 4.36. The van der Waals surface area contributed by atoms with E-state index in [4.69, 9.17) is 14.2 Å². The number of benzene rings is 1. The number of methoxy groups -OCH3 is 1. The van der Waals surface area contributed by atoms with Crippen LogP contribution in [0.1, 0.15) is 26.7 Å². The van der Waals surface area contributed by atoms with E-state index < -0.39 is 6.09 Å². The van der Waals surface area contributed by atoms with Crippen LogP contribution in [-0.2, 0) is 9.47 Å². The Balaban J connectivity index is 2.01. The summed E-state index contributed by atoms with van der Waals surface area (Å²) in [6.45, 7) is 4.67. The number of carbonyl (C=O) groups is 1. The minimum absolute atomic E-state index is 0.0371. The van der Waals surface area contributed by atoms with Crippen LogP contribution < -0.4 is 4.74 Å². The number of thiazole rings is 1. The summed E-state index contributed by atoms with van der Waals surface area (Å²) in [5, 5.41) is 12.8. The van der Waals surface area contributed by atoms with E-state index in [2.05, 4.69) is 4.98 Å². The Morgan fingerprint density at radius 3 is 2.77 bits per heavy atom. The first-order chi connectivity index (χ1) is 14.5. The van der Waals surface area contributed by atoms with Crippen LogP contribution in [0.15, 0.2) is 41.9 Å². The molecule has 1 atom stereocenters. The predicted molar refractivity (Wildman–Crippen MR) is 116 cm³/mol. The van der Waals surface area contributed by atoms with Crippen molar-refractivity contribution in [3.8, 4) is 33.5 Å². The van der Waals surface area contributed by atoms with Gasteiger partial charge in [-0.15, -0.1) is 11.3 Å². The summed E-state index contributed by atoms with van der Waals surface area (Å²) in [5.41, 5.74) is 1.85. The third kappa shape index (κ3) is 5.20. The molecule has 1 aromatic carbocycles. The normalized spacial score (nSPS) is 12.0. The van der Waals surface area contributed by atoms with E-state index in [1.54, 1.807) is 25.4 Å². The minimum Gasteiger partial charge on any atom is -0.508 e. The fourth-order valence-corrected chi connectivity index (χ4v) is 3.70. The molecule has 3 rings (SSSR count). The molecule has 0 radical (unpaired) electrons. The first-order valence-electron chi connectivity index (χ1n) is 9.82. The quantitative estimate of drug-likeness (QED) is 0.471. The zero-order chi connectivity index (χ0) is 21.5. The molecule has 3 aromatic rings. The molecule has 0 aliphatic heterocycles. The molecule has 160 valence electrons. The van der Waals surface area contributed by atoms with E-state index in [1.807, 2.05) is 31.4 Å². The molecule has 7 nitrogen and oxygen atoms in total. The Bertz CT molecular complexity index is 968. The lowest BCUT2D eigenvalue weighted by Gasteiger charge is -2.16. The van der Waals surface area contributed by atoms with Crippen LogP contribution in [0.2, 0.25) is 0 Å². The summed E-state index contributed by atoms with van der Waals surface area (Å²) in [4.78, 5) is 17.3. The van der Waals surface area contributed by atoms with Crippen LogP contribution in [-0.4, -0.2) is 47.2 Å². The molecule has 2 heterocycles. The zero-order valence-corrected chi connectivity index (χ0v) is 18.1. The minimum atomic E-state index is -0.479. The average molecular weight is 431 g/mol. The number of aromatic hydroxyl groups is 1. The van der Waals surface area contributed by atoms with Crippen molar-refractivity contribution in [2.24, 2.45) is 0 Å². The number of phenolic OH excluding ortho intramolecular Hbond substituents is 1. The van der Waals surface area contributed by atoms with Crippen molar-refractivity contribution in [2.45, 2.75) is 32.8 Å². The topological polar surface area (TPSA) is 82.8 Å². The molecule has 0 aliphatic carbocycles. The van der Waals surface area contributed by atoms with Gasteiger partial charge in [-0.2, -0.15) is 0 Å². The predicted octanol–water partition coefficient (Wildman–Crippen LogP) is 5.18. The highest BCUT2D eigenvalue weighted by Gasteiger charge is 2.21. The van der Waals surface area contributed by atoms with Gasteiger partial charge in [0.2, 0.25) is 0 Å². The number of phenols is 1. The lowest BCUT2D eigenvalue weighted by molar-refractivity contribution is 0.0919. The van der Waals surface area contributed by atoms with Gasteiger partial charge >= 0.3 is 6.09 Å². The molecule has 30 heavy (non-hydrogen) atoms. The number of aromatic nitrogens is 2. The fourth-order valence-electron chi connectivity index (χ4n) is 3.04. The van der Waals surface area contributed by atoms with Crippen molar-refractivity contribution in [3.05, 3.63) is 41.9 Å². The van der Waals surface area contributed by atoms with Crippen molar-refractivity contribution in [1.29, 1.82) is 0 Å². The van der Waals surface area contributed by atoms with E-state index in [0.717, 1.165) is 12.8 Å². The van der Waals surface area contributed by atoms with Crippen LogP contribution in [0.4, 0.5) is 4.79 Å². The molecule has 0 unspecified atom stereocenters. The van der Waals surface area contributed by atoms with E-state index in [-0.39, 0.29) is 11.9 Å². The van der Waals surface area contributed by atoms with Crippen molar-refractivity contribution in [2.75, 3.05) is 20.3 Å². The average Bonchev–Trinajstić information content (AvgIpc) is 3.37. The van der Waals surface area contributed by atoms with Crippen LogP contribution in [0.3, 0.4) is 0 Å². The molecule has 0 bridgehead atoms. The molecule has 0 fully saturated rings. The molecule has 0 saturated carbocycles. The molecular weight excluding hydrogens is 404 g/mol. The van der Waals surface area contributed by atoms with Gasteiger partial charge in [-0.25, -0.2) is 14.3 Å². The zero-order valence-electron chi connectivity index (χ0n) is 17.3. The molecule has 0 aliphatic rings. The first kappa shape index (κ1) is 21.9. The fraction of sp³-hybridized carbons (Fsp3) is 0.364. The van der Waals surface area contributed by atoms with Crippen molar-refractivity contribution < 1.29 is 24.1 Å². The SMILES string of the molecule is CCCCOC(=O)n1c(-c2cc(O)cc(O[C@@H](C)COC)c2)ccc1-c1nccs1. The summed E-state index contributed by atoms with van der Waals surface area (Å²) in [6.07, 6.45) is 2.74. The number of unbranched alkanes of at least 4 members (excludes halogenated alkanes) is 1. The van der Waals surface area contributed by atoms with Gasteiger partial charge in [0.15, 0.2) is 0 Å². The highest BCUT2D eigenvalue weighted by atomic mass is 32.1. The molecule has 0 amide bonds. The van der Waals surface area contributed by atoms with Gasteiger partial charge in [0.1, 0.15) is 22.6 Å². The maximum atomic E-state index is 12.9. The van der Waals surface area contributed by atoms with Crippen LogP contribution >= 0.6 is 11.3 Å². The highest BCUT2D eigenvalue weighted by molar-refractivity contribution is 7.13. The monoisotopic (exact) mass is 430 g/mol. The van der Waals surface area contributed by atoms with Gasteiger partial charge < -0.3 is 19.3 Å². The molecule has 0 spiro atoms. The van der Waals surface area contributed by atoms with Crippen LogP contribution in [0.25, 0.3) is 22.0 Å². The van der Waals surface area contributed by atoms with Crippen LogP contribution in [0, 0.1) is 0 Å². The summed E-state index contributed by atoms with van der Waals surface area (Å²) in [7, 11) is 1.60. The van der Waals surface area contributed by atoms with Gasteiger partial charge in [-0.05, 0) is 37.6 Å². The second-order valence-electron chi connectivity index (χ2n) is 6.84. The number of hydrogen-bond acceptors (Lipinski definition) is 7. The van der Waals surface area contributed by atoms with Gasteiger partial charge in [0.05, 0.1) is 24.6 Å². The van der Waals surface area contributed by atoms with Gasteiger partial charge in [-0.1, -0.05) is 13.3 Å². The number of ether oxygens (including phenoxy) is 3. The largest absolute Gasteiger partial charge is 0.508 e. The Labute approximate surface area is 179 Å². The van der Waals surface area contributed by atoms with E-state index in [9.17, 15) is 9.90 Å². The first-order valence-corrected chi connectivity index (χ1v) is 10.7. The summed E-state index contributed by atoms with van der Waals surface area (Å²) >= 11 is 1.44. The Kier molecular flexibility index (Phi) is 7.48. The lowest BCUT2D eigenvalue weighted by Crippen LogP contribution is -2.18. The van der Waals surface area contributed by atoms with E-state index >= 15 is 0 Å². The van der Waals surface area contributed by atoms with Crippen molar-refractivity contribution in [3.63, 3.8) is 0 Å². The second-order valence-corrected chi connectivity index (χ2v) is 7.74. The number of hydrogen-bond donors (Lipinski definition) is 1. The molecule has 2 aromatic heterocycles. The highest BCUT2D eigenvalue weighted by Crippen LogP contribution is 2.34.